The van der Waals surface area contributed by atoms with E-state index in [-0.39, 0.29) is 5.75 Å². The molecule has 3 aromatic carbocycles. The van der Waals surface area contributed by atoms with Gasteiger partial charge in [0.05, 0.1) is 11.0 Å². The maximum Gasteiger partial charge on any atom is 0.262 e. The van der Waals surface area contributed by atoms with Crippen molar-refractivity contribution in [3.05, 3.63) is 78.4 Å². The largest absolute Gasteiger partial charge is 0.481 e. The number of hydrogen-bond donors (Lipinski definition) is 1. The van der Waals surface area contributed by atoms with Gasteiger partial charge in [-0.05, 0) is 48.5 Å². The number of carbonyl (C=O) groups excluding carboxylic acids is 1. The number of imidazole rings is 1. The number of benzene rings is 3. The van der Waals surface area contributed by atoms with Gasteiger partial charge in [-0.2, -0.15) is 0 Å². The summed E-state index contributed by atoms with van der Waals surface area (Å²) in [6, 6.07) is 18.0. The average Bonchev–Trinajstić information content (AvgIpc) is 3.05. The Morgan fingerprint density at radius 2 is 1.83 bits per heavy atom. The molecule has 0 saturated heterocycles. The lowest BCUT2D eigenvalue weighted by molar-refractivity contribution is -0.118. The lowest BCUT2D eigenvalue weighted by atomic mass is 10.2. The molecule has 0 aliphatic carbocycles. The normalized spacial score (nSPS) is 10.9. The number of hydrogen-bond acceptors (Lipinski definition) is 3. The number of fused-ring (bicyclic) bond motifs is 1. The van der Waals surface area contributed by atoms with Crippen LogP contribution in [0.4, 0.5) is 14.5 Å². The van der Waals surface area contributed by atoms with Gasteiger partial charge < -0.3 is 14.6 Å². The van der Waals surface area contributed by atoms with Crippen molar-refractivity contribution in [1.82, 2.24) is 9.55 Å². The van der Waals surface area contributed by atoms with E-state index in [2.05, 4.69) is 10.3 Å². The summed E-state index contributed by atoms with van der Waals surface area (Å²) in [5.41, 5.74) is 3.42. The van der Waals surface area contributed by atoms with Gasteiger partial charge in [0.2, 0.25) is 0 Å². The van der Waals surface area contributed by atoms with E-state index in [0.29, 0.717) is 11.8 Å². The monoisotopic (exact) mass is 393 g/mol. The highest BCUT2D eigenvalue weighted by Crippen LogP contribution is 2.25. The number of nitrogens with zero attached hydrogens (tertiary/aromatic N) is 2. The van der Waals surface area contributed by atoms with Gasteiger partial charge in [-0.1, -0.05) is 12.1 Å². The first kappa shape index (κ1) is 18.6. The van der Waals surface area contributed by atoms with Crippen LogP contribution in [0.1, 0.15) is 0 Å². The summed E-state index contributed by atoms with van der Waals surface area (Å²) in [4.78, 5) is 16.7. The summed E-state index contributed by atoms with van der Waals surface area (Å²) < 4.78 is 33.5. The Morgan fingerprint density at radius 1 is 1.07 bits per heavy atom. The maximum absolute atomic E-state index is 13.5. The van der Waals surface area contributed by atoms with Crippen LogP contribution in [0.15, 0.2) is 66.7 Å². The first-order valence-electron chi connectivity index (χ1n) is 8.91. The molecule has 0 aliphatic heterocycles. The van der Waals surface area contributed by atoms with Gasteiger partial charge >= 0.3 is 0 Å². The molecule has 0 spiro atoms. The van der Waals surface area contributed by atoms with E-state index in [9.17, 15) is 13.6 Å². The Morgan fingerprint density at radius 3 is 2.55 bits per heavy atom. The van der Waals surface area contributed by atoms with Crippen molar-refractivity contribution in [2.45, 2.75) is 0 Å². The number of rotatable bonds is 5. The van der Waals surface area contributed by atoms with Gasteiger partial charge in [-0.3, -0.25) is 4.79 Å². The average molecular weight is 393 g/mol. The molecule has 4 aromatic rings. The number of amides is 1. The van der Waals surface area contributed by atoms with E-state index in [4.69, 9.17) is 4.74 Å². The summed E-state index contributed by atoms with van der Waals surface area (Å²) in [5.74, 6) is -1.38. The maximum atomic E-state index is 13.5. The zero-order valence-corrected chi connectivity index (χ0v) is 15.5. The molecule has 4 rings (SSSR count). The van der Waals surface area contributed by atoms with Crippen LogP contribution >= 0.6 is 0 Å². The van der Waals surface area contributed by atoms with Gasteiger partial charge in [0, 0.05) is 24.4 Å². The molecule has 0 unspecified atom stereocenters. The quantitative estimate of drug-likeness (QED) is 0.542. The molecule has 0 atom stereocenters. The Kier molecular flexibility index (Phi) is 4.95. The molecule has 7 heteroatoms. The molecule has 0 aliphatic rings. The zero-order chi connectivity index (χ0) is 20.4. The molecule has 0 saturated carbocycles. The van der Waals surface area contributed by atoms with Crippen LogP contribution in [-0.2, 0) is 11.8 Å². The van der Waals surface area contributed by atoms with E-state index in [0.717, 1.165) is 34.6 Å². The van der Waals surface area contributed by atoms with Gasteiger partial charge in [0.15, 0.2) is 18.2 Å². The lowest BCUT2D eigenvalue weighted by Crippen LogP contribution is -2.20. The third-order valence-corrected chi connectivity index (χ3v) is 4.47. The molecule has 0 fully saturated rings. The Hall–Kier alpha value is -3.74. The Balaban J connectivity index is 1.42. The van der Waals surface area contributed by atoms with E-state index in [1.807, 2.05) is 48.0 Å². The topological polar surface area (TPSA) is 56.2 Å². The number of halogens is 2. The van der Waals surface area contributed by atoms with Crippen LogP contribution in [0.3, 0.4) is 0 Å². The number of carbonyl (C=O) groups is 1. The van der Waals surface area contributed by atoms with Crippen molar-refractivity contribution in [3.63, 3.8) is 0 Å². The molecule has 146 valence electrons. The molecule has 1 N–H and O–H groups in total. The second-order valence-electron chi connectivity index (χ2n) is 6.47. The van der Waals surface area contributed by atoms with Crippen LogP contribution < -0.4 is 10.1 Å². The number of nitrogens with one attached hydrogen (secondary N) is 1. The predicted octanol–water partition coefficient (Wildman–Crippen LogP) is 4.54. The van der Waals surface area contributed by atoms with Gasteiger partial charge in [-0.25, -0.2) is 13.8 Å². The van der Waals surface area contributed by atoms with Crippen molar-refractivity contribution in [2.24, 2.45) is 7.05 Å². The number of para-hydroxylation sites is 2. The van der Waals surface area contributed by atoms with Crippen molar-refractivity contribution in [2.75, 3.05) is 11.9 Å². The van der Waals surface area contributed by atoms with Crippen molar-refractivity contribution in [1.29, 1.82) is 0 Å². The zero-order valence-electron chi connectivity index (χ0n) is 15.5. The molecular weight excluding hydrogens is 376 g/mol. The van der Waals surface area contributed by atoms with Crippen LogP contribution in [-0.4, -0.2) is 22.1 Å². The highest BCUT2D eigenvalue weighted by Gasteiger charge is 2.11. The summed E-state index contributed by atoms with van der Waals surface area (Å²) in [5, 5.41) is 2.68. The summed E-state index contributed by atoms with van der Waals surface area (Å²) in [6.45, 7) is -0.394. The first-order chi connectivity index (χ1) is 14.0. The van der Waals surface area contributed by atoms with Gasteiger partial charge in [0.25, 0.3) is 5.91 Å². The van der Waals surface area contributed by atoms with Crippen molar-refractivity contribution < 1.29 is 18.3 Å². The molecule has 0 radical (unpaired) electrons. The Bertz CT molecular complexity index is 1190. The Labute approximate surface area is 165 Å². The minimum atomic E-state index is -0.857. The molecule has 5 nitrogen and oxygen atoms in total. The number of aryl methyl sites for hydroxylation is 1. The number of aromatic nitrogens is 2. The molecule has 29 heavy (non-hydrogen) atoms. The first-order valence-corrected chi connectivity index (χ1v) is 8.91. The fraction of sp³-hybridized carbons (Fsp3) is 0.0909. The second-order valence-corrected chi connectivity index (χ2v) is 6.47. The fourth-order valence-electron chi connectivity index (χ4n) is 3.04. The third-order valence-electron chi connectivity index (χ3n) is 4.47. The van der Waals surface area contributed by atoms with Crippen LogP contribution in [0, 0.1) is 11.6 Å². The van der Waals surface area contributed by atoms with E-state index in [1.165, 1.54) is 0 Å². The predicted molar refractivity (Wildman–Crippen MR) is 107 cm³/mol. The molecule has 1 heterocycles. The smallest absolute Gasteiger partial charge is 0.262 e. The van der Waals surface area contributed by atoms with Crippen molar-refractivity contribution >= 4 is 22.6 Å². The summed E-state index contributed by atoms with van der Waals surface area (Å²) in [7, 11) is 1.95. The lowest BCUT2D eigenvalue weighted by Gasteiger charge is -2.09. The van der Waals surface area contributed by atoms with Crippen LogP contribution in [0.5, 0.6) is 5.75 Å². The molecule has 1 aromatic heterocycles. The fourth-order valence-corrected chi connectivity index (χ4v) is 3.04. The van der Waals surface area contributed by atoms with Crippen LogP contribution in [0.25, 0.3) is 22.4 Å². The van der Waals surface area contributed by atoms with E-state index < -0.39 is 24.1 Å². The standard InChI is InChI=1S/C22H17F2N3O2/c1-27-19-5-3-2-4-18(19)26-22(27)14-6-9-16(10-7-14)25-21(28)13-29-20-11-8-15(23)12-17(20)24/h2-12H,13H2,1H3,(H,25,28). The number of anilines is 1. The minimum absolute atomic E-state index is 0.182. The highest BCUT2D eigenvalue weighted by molar-refractivity contribution is 5.92. The van der Waals surface area contributed by atoms with Gasteiger partial charge in [-0.15, -0.1) is 0 Å². The molecular formula is C22H17F2N3O2. The van der Waals surface area contributed by atoms with E-state index >= 15 is 0 Å². The third kappa shape index (κ3) is 3.94. The van der Waals surface area contributed by atoms with Gasteiger partial charge in [0.1, 0.15) is 11.6 Å². The SMILES string of the molecule is Cn1c(-c2ccc(NC(=O)COc3ccc(F)cc3F)cc2)nc2ccccc21. The van der Waals surface area contributed by atoms with Crippen molar-refractivity contribution in [3.8, 4) is 17.1 Å². The minimum Gasteiger partial charge on any atom is -0.481 e. The number of ether oxygens (including phenoxy) is 1. The molecule has 0 bridgehead atoms. The van der Waals surface area contributed by atoms with E-state index in [1.54, 1.807) is 12.1 Å². The summed E-state index contributed by atoms with van der Waals surface area (Å²) >= 11 is 0. The second kappa shape index (κ2) is 7.71. The molecule has 1 amide bonds. The summed E-state index contributed by atoms with van der Waals surface area (Å²) in [6.07, 6.45) is 0. The van der Waals surface area contributed by atoms with Crippen LogP contribution in [0.2, 0.25) is 0 Å². The highest BCUT2D eigenvalue weighted by atomic mass is 19.1.